The van der Waals surface area contributed by atoms with Gasteiger partial charge < -0.3 is 10.2 Å². The number of aromatic nitrogens is 1. The van der Waals surface area contributed by atoms with Gasteiger partial charge in [-0.05, 0) is 31.2 Å². The number of rotatable bonds is 4. The van der Waals surface area contributed by atoms with E-state index in [1.54, 1.807) is 18.2 Å². The summed E-state index contributed by atoms with van der Waals surface area (Å²) in [5.74, 6) is 1.09. The largest absolute Gasteiger partial charge is 0.320 e. The van der Waals surface area contributed by atoms with Crippen LogP contribution in [0.2, 0.25) is 10.0 Å². The molecule has 0 aliphatic carbocycles. The second kappa shape index (κ2) is 8.04. The van der Waals surface area contributed by atoms with E-state index in [1.807, 2.05) is 25.3 Å². The number of carbonyl (C=O) groups is 1. The van der Waals surface area contributed by atoms with Crippen LogP contribution in [0.5, 0.6) is 0 Å². The Morgan fingerprint density at radius 1 is 1.24 bits per heavy atom. The summed E-state index contributed by atoms with van der Waals surface area (Å²) in [6.45, 7) is 5.60. The molecule has 0 unspecified atom stereocenters. The lowest BCUT2D eigenvalue weighted by atomic mass is 10.2. The van der Waals surface area contributed by atoms with Crippen molar-refractivity contribution in [3.8, 4) is 0 Å². The van der Waals surface area contributed by atoms with Crippen LogP contribution in [-0.4, -0.2) is 38.1 Å². The minimum absolute atomic E-state index is 0.0288. The maximum absolute atomic E-state index is 12.6. The first-order valence-corrected chi connectivity index (χ1v) is 9.12. The summed E-state index contributed by atoms with van der Waals surface area (Å²) in [4.78, 5) is 19.4. The summed E-state index contributed by atoms with van der Waals surface area (Å²) in [5, 5.41) is 3.91. The molecule has 0 spiro atoms. The smallest absolute Gasteiger partial charge is 0.282 e. The number of nitrogens with zero attached hydrogens (tertiary/aromatic N) is 1. The number of hydrogen-bond acceptors (Lipinski definition) is 2. The number of H-pyrrole nitrogens is 1. The molecule has 132 valence electrons. The van der Waals surface area contributed by atoms with Gasteiger partial charge in [-0.15, -0.1) is 0 Å². The topological polar surface area (TPSA) is 50.9 Å². The molecule has 1 saturated heterocycles. The van der Waals surface area contributed by atoms with Crippen molar-refractivity contribution in [2.45, 2.75) is 13.0 Å². The summed E-state index contributed by atoms with van der Waals surface area (Å²) in [5.41, 5.74) is 0.597. The van der Waals surface area contributed by atoms with Gasteiger partial charge in [0, 0.05) is 11.1 Å². The monoisotopic (exact) mass is 380 g/mol. The first-order valence-electron chi connectivity index (χ1n) is 8.37. The van der Waals surface area contributed by atoms with Crippen molar-refractivity contribution in [2.75, 3.05) is 36.4 Å². The Bertz CT molecular complexity index is 733. The summed E-state index contributed by atoms with van der Waals surface area (Å²) in [6, 6.07) is 11.0. The number of quaternary nitrogens is 1. The highest BCUT2D eigenvalue weighted by molar-refractivity contribution is 6.36. The van der Waals surface area contributed by atoms with E-state index in [1.165, 1.54) is 4.90 Å². The van der Waals surface area contributed by atoms with Crippen LogP contribution >= 0.6 is 23.2 Å². The van der Waals surface area contributed by atoms with Gasteiger partial charge in [-0.3, -0.25) is 9.69 Å². The third-order valence-electron chi connectivity index (χ3n) is 4.63. The zero-order valence-corrected chi connectivity index (χ0v) is 15.6. The molecule has 1 aliphatic rings. The minimum Gasteiger partial charge on any atom is -0.320 e. The minimum atomic E-state index is -0.145. The van der Waals surface area contributed by atoms with E-state index in [0.717, 1.165) is 32.0 Å². The Balaban J connectivity index is 1.56. The fourth-order valence-electron chi connectivity index (χ4n) is 3.07. The second-order valence-electron chi connectivity index (χ2n) is 6.23. The van der Waals surface area contributed by atoms with Crippen LogP contribution in [0.15, 0.2) is 42.6 Å². The maximum Gasteiger partial charge on any atom is 0.282 e. The number of amides is 1. The van der Waals surface area contributed by atoms with Gasteiger partial charge in [0.15, 0.2) is 6.04 Å². The molecule has 1 aromatic heterocycles. The van der Waals surface area contributed by atoms with Crippen molar-refractivity contribution in [3.63, 3.8) is 0 Å². The number of hydrogen-bond donors (Lipinski definition) is 2. The fraction of sp³-hybridized carbons (Fsp3) is 0.333. The molecule has 0 radical (unpaired) electrons. The molecule has 25 heavy (non-hydrogen) atoms. The molecule has 7 heteroatoms. The lowest BCUT2D eigenvalue weighted by Crippen LogP contribution is -3.19. The van der Waals surface area contributed by atoms with Crippen molar-refractivity contribution in [1.82, 2.24) is 0 Å². The van der Waals surface area contributed by atoms with E-state index in [2.05, 4.69) is 21.3 Å². The summed E-state index contributed by atoms with van der Waals surface area (Å²) in [7, 11) is 0. The van der Waals surface area contributed by atoms with E-state index in [9.17, 15) is 4.79 Å². The van der Waals surface area contributed by atoms with Gasteiger partial charge >= 0.3 is 0 Å². The van der Waals surface area contributed by atoms with Crippen LogP contribution < -0.4 is 20.1 Å². The summed E-state index contributed by atoms with van der Waals surface area (Å²) < 4.78 is 0. The first-order chi connectivity index (χ1) is 12.0. The molecule has 2 aromatic rings. The number of carbonyl (C=O) groups excluding carboxylic acids is 1. The fourth-order valence-corrected chi connectivity index (χ4v) is 3.52. The number of halogens is 2. The SMILES string of the molecule is C[C@@H](C(=O)Nc1ccc(Cl)cc1Cl)[NH+]1CCN(c2cccc[nH+]2)CC1. The molecular formula is C18H22Cl2N4O+2. The Morgan fingerprint density at radius 2 is 2.00 bits per heavy atom. The highest BCUT2D eigenvalue weighted by atomic mass is 35.5. The lowest BCUT2D eigenvalue weighted by molar-refractivity contribution is -0.914. The Hall–Kier alpha value is -1.82. The molecule has 3 rings (SSSR count). The lowest BCUT2D eigenvalue weighted by Gasteiger charge is -2.31. The van der Waals surface area contributed by atoms with Gasteiger partial charge in [0.2, 0.25) is 0 Å². The van der Waals surface area contributed by atoms with Crippen molar-refractivity contribution < 1.29 is 14.7 Å². The van der Waals surface area contributed by atoms with Crippen LogP contribution in [0.1, 0.15) is 6.92 Å². The number of pyridine rings is 1. The molecule has 1 fully saturated rings. The van der Waals surface area contributed by atoms with Crippen molar-refractivity contribution >= 4 is 40.6 Å². The number of piperazine rings is 1. The van der Waals surface area contributed by atoms with Gasteiger partial charge in [-0.25, -0.2) is 4.98 Å². The van der Waals surface area contributed by atoms with Gasteiger partial charge in [0.05, 0.1) is 16.9 Å². The molecule has 0 bridgehead atoms. The molecule has 1 aromatic carbocycles. The van der Waals surface area contributed by atoms with Crippen molar-refractivity contribution in [2.24, 2.45) is 0 Å². The predicted octanol–water partition coefficient (Wildman–Crippen LogP) is 1.54. The second-order valence-corrected chi connectivity index (χ2v) is 7.07. The van der Waals surface area contributed by atoms with Crippen LogP contribution in [-0.2, 0) is 4.79 Å². The van der Waals surface area contributed by atoms with Crippen LogP contribution in [0.25, 0.3) is 0 Å². The maximum atomic E-state index is 12.6. The Kier molecular flexibility index (Phi) is 5.78. The standard InChI is InChI=1S/C18H20Cl2N4O/c1-13(18(25)22-16-6-5-14(19)12-15(16)20)23-8-10-24(11-9-23)17-4-2-3-7-21-17/h2-7,12-13H,8-11H2,1H3,(H,22,25)/p+2/t13-/m0/s1. The van der Waals surface area contributed by atoms with Crippen molar-refractivity contribution in [3.05, 3.63) is 52.6 Å². The molecule has 5 nitrogen and oxygen atoms in total. The highest BCUT2D eigenvalue weighted by Crippen LogP contribution is 2.25. The van der Waals surface area contributed by atoms with Gasteiger partial charge in [-0.2, -0.15) is 0 Å². The number of aromatic amines is 1. The molecule has 3 N–H and O–H groups in total. The zero-order valence-electron chi connectivity index (χ0n) is 14.1. The first kappa shape index (κ1) is 18.0. The third-order valence-corrected chi connectivity index (χ3v) is 5.18. The van der Waals surface area contributed by atoms with Crippen molar-refractivity contribution in [1.29, 1.82) is 0 Å². The normalized spacial score (nSPS) is 16.5. The predicted molar refractivity (Wildman–Crippen MR) is 100 cm³/mol. The van der Waals surface area contributed by atoms with E-state index >= 15 is 0 Å². The van der Waals surface area contributed by atoms with Gasteiger partial charge in [-0.1, -0.05) is 29.3 Å². The number of anilines is 2. The summed E-state index contributed by atoms with van der Waals surface area (Å²) in [6.07, 6.45) is 1.93. The number of benzene rings is 1. The third kappa shape index (κ3) is 4.42. The van der Waals surface area contributed by atoms with E-state index < -0.39 is 0 Å². The van der Waals surface area contributed by atoms with Crippen LogP contribution in [0, 0.1) is 0 Å². The Morgan fingerprint density at radius 3 is 2.64 bits per heavy atom. The summed E-state index contributed by atoms with van der Waals surface area (Å²) >= 11 is 12.0. The zero-order chi connectivity index (χ0) is 17.8. The van der Waals surface area contributed by atoms with E-state index in [0.29, 0.717) is 15.7 Å². The molecular weight excluding hydrogens is 359 g/mol. The quantitative estimate of drug-likeness (QED) is 0.844. The molecule has 1 amide bonds. The highest BCUT2D eigenvalue weighted by Gasteiger charge is 2.32. The van der Waals surface area contributed by atoms with Gasteiger partial charge in [0.1, 0.15) is 26.2 Å². The van der Waals surface area contributed by atoms with Crippen LogP contribution in [0.3, 0.4) is 0 Å². The Labute approximate surface area is 157 Å². The van der Waals surface area contributed by atoms with E-state index in [4.69, 9.17) is 23.2 Å². The molecule has 2 heterocycles. The average Bonchev–Trinajstić information content (AvgIpc) is 2.64. The van der Waals surface area contributed by atoms with E-state index in [-0.39, 0.29) is 11.9 Å². The molecule has 1 aliphatic heterocycles. The number of nitrogens with one attached hydrogen (secondary N) is 3. The molecule has 0 saturated carbocycles. The molecule has 1 atom stereocenters. The average molecular weight is 381 g/mol. The van der Waals surface area contributed by atoms with Crippen LogP contribution in [0.4, 0.5) is 11.5 Å². The van der Waals surface area contributed by atoms with Gasteiger partial charge in [0.25, 0.3) is 11.7 Å².